The van der Waals surface area contributed by atoms with E-state index in [4.69, 9.17) is 22.1 Å². The third kappa shape index (κ3) is 5.30. The zero-order chi connectivity index (χ0) is 17.0. The van der Waals surface area contributed by atoms with Crippen LogP contribution in [0, 0.1) is 0 Å². The van der Waals surface area contributed by atoms with E-state index in [9.17, 15) is 4.79 Å². The number of ether oxygens (including phenoxy) is 1. The molecule has 0 saturated heterocycles. The van der Waals surface area contributed by atoms with Crippen LogP contribution in [0.25, 0.3) is 0 Å². The number of nitrogen functional groups attached to an aromatic ring is 1. The first-order chi connectivity index (χ1) is 10.7. The van der Waals surface area contributed by atoms with Gasteiger partial charge in [-0.05, 0) is 56.6 Å². The Hall–Kier alpha value is -2.54. The van der Waals surface area contributed by atoms with Gasteiger partial charge in [0.25, 0.3) is 0 Å². The molecule has 0 aliphatic carbocycles. The van der Waals surface area contributed by atoms with Gasteiger partial charge in [-0.3, -0.25) is 5.32 Å². The number of amides is 1. The van der Waals surface area contributed by atoms with Crippen LogP contribution in [0.5, 0.6) is 0 Å². The van der Waals surface area contributed by atoms with Crippen LogP contribution >= 0.6 is 11.6 Å². The van der Waals surface area contributed by atoms with Gasteiger partial charge in [0.1, 0.15) is 5.60 Å². The highest BCUT2D eigenvalue weighted by Gasteiger charge is 2.16. The molecule has 0 unspecified atom stereocenters. The van der Waals surface area contributed by atoms with Crippen molar-refractivity contribution in [3.63, 3.8) is 0 Å². The van der Waals surface area contributed by atoms with Gasteiger partial charge in [0.2, 0.25) is 5.28 Å². The second-order valence-electron chi connectivity index (χ2n) is 5.77. The van der Waals surface area contributed by atoms with Crippen molar-refractivity contribution in [2.75, 3.05) is 16.4 Å². The van der Waals surface area contributed by atoms with Gasteiger partial charge >= 0.3 is 6.09 Å². The maximum atomic E-state index is 11.7. The molecule has 8 heteroatoms. The molecule has 1 aromatic heterocycles. The Labute approximate surface area is 139 Å². The van der Waals surface area contributed by atoms with E-state index in [-0.39, 0.29) is 5.28 Å². The highest BCUT2D eigenvalue weighted by atomic mass is 35.5. The number of halogens is 1. The summed E-state index contributed by atoms with van der Waals surface area (Å²) in [4.78, 5) is 19.5. The average molecular weight is 336 g/mol. The molecule has 0 fully saturated rings. The van der Waals surface area contributed by atoms with Crippen molar-refractivity contribution in [3.05, 3.63) is 35.7 Å². The molecule has 1 aromatic carbocycles. The van der Waals surface area contributed by atoms with Crippen LogP contribution in [0.3, 0.4) is 0 Å². The number of hydrogen-bond acceptors (Lipinski definition) is 6. The first kappa shape index (κ1) is 16.8. The van der Waals surface area contributed by atoms with E-state index in [1.54, 1.807) is 45.0 Å². The lowest BCUT2D eigenvalue weighted by molar-refractivity contribution is 0.0636. The summed E-state index contributed by atoms with van der Waals surface area (Å²) in [6.45, 7) is 5.41. The molecule has 0 bridgehead atoms. The van der Waals surface area contributed by atoms with Gasteiger partial charge in [0, 0.05) is 11.4 Å². The summed E-state index contributed by atoms with van der Waals surface area (Å²) in [5.41, 5.74) is 6.95. The van der Waals surface area contributed by atoms with Crippen LogP contribution < -0.4 is 16.4 Å². The van der Waals surface area contributed by atoms with Gasteiger partial charge < -0.3 is 15.8 Å². The fourth-order valence-corrected chi connectivity index (χ4v) is 1.80. The standard InChI is InChI=1S/C15H18ClN5O2/c1-15(2,3)23-14(22)20-10-6-4-9(5-7-10)19-12-11(17)8-18-13(16)21-12/h4-8H,17H2,1-3H3,(H,20,22)(H,18,19,21). The van der Waals surface area contributed by atoms with E-state index in [2.05, 4.69) is 20.6 Å². The van der Waals surface area contributed by atoms with Crippen molar-refractivity contribution in [1.82, 2.24) is 9.97 Å². The number of benzene rings is 1. The Morgan fingerprint density at radius 3 is 2.43 bits per heavy atom. The lowest BCUT2D eigenvalue weighted by atomic mass is 10.2. The van der Waals surface area contributed by atoms with Crippen molar-refractivity contribution in [1.29, 1.82) is 0 Å². The quantitative estimate of drug-likeness (QED) is 0.737. The molecule has 0 aliphatic rings. The molecule has 2 rings (SSSR count). The van der Waals surface area contributed by atoms with Crippen molar-refractivity contribution in [2.24, 2.45) is 0 Å². The molecule has 0 atom stereocenters. The van der Waals surface area contributed by atoms with Crippen molar-refractivity contribution >= 4 is 40.6 Å². The van der Waals surface area contributed by atoms with Crippen molar-refractivity contribution in [2.45, 2.75) is 26.4 Å². The molecule has 7 nitrogen and oxygen atoms in total. The molecule has 23 heavy (non-hydrogen) atoms. The molecule has 0 aliphatic heterocycles. The summed E-state index contributed by atoms with van der Waals surface area (Å²) in [5, 5.41) is 5.78. The fraction of sp³-hybridized carbons (Fsp3) is 0.267. The molecule has 0 spiro atoms. The number of aromatic nitrogens is 2. The maximum absolute atomic E-state index is 11.7. The van der Waals surface area contributed by atoms with E-state index in [0.29, 0.717) is 17.2 Å². The highest BCUT2D eigenvalue weighted by molar-refractivity contribution is 6.28. The molecular weight excluding hydrogens is 318 g/mol. The zero-order valence-corrected chi connectivity index (χ0v) is 13.8. The van der Waals surface area contributed by atoms with Crippen LogP contribution in [-0.4, -0.2) is 21.7 Å². The molecule has 1 amide bonds. The number of rotatable bonds is 3. The number of carbonyl (C=O) groups excluding carboxylic acids is 1. The van der Waals surface area contributed by atoms with Gasteiger partial charge in [-0.15, -0.1) is 0 Å². The van der Waals surface area contributed by atoms with Crippen LogP contribution in [-0.2, 0) is 4.74 Å². The van der Waals surface area contributed by atoms with E-state index in [1.807, 2.05) is 0 Å². The van der Waals surface area contributed by atoms with Gasteiger partial charge in [0.05, 0.1) is 11.9 Å². The predicted molar refractivity (Wildman–Crippen MR) is 91.0 cm³/mol. The lowest BCUT2D eigenvalue weighted by Crippen LogP contribution is -2.27. The normalized spacial score (nSPS) is 11.0. The third-order valence-electron chi connectivity index (χ3n) is 2.58. The molecular formula is C15H18ClN5O2. The van der Waals surface area contributed by atoms with E-state index in [0.717, 1.165) is 5.69 Å². The number of nitrogens with zero attached hydrogens (tertiary/aromatic N) is 2. The van der Waals surface area contributed by atoms with Crippen LogP contribution in [0.4, 0.5) is 27.7 Å². The summed E-state index contributed by atoms with van der Waals surface area (Å²) in [6.07, 6.45) is 0.917. The van der Waals surface area contributed by atoms with Crippen molar-refractivity contribution in [3.8, 4) is 0 Å². The van der Waals surface area contributed by atoms with Crippen LogP contribution in [0.2, 0.25) is 5.28 Å². The fourth-order valence-electron chi connectivity index (χ4n) is 1.66. The Morgan fingerprint density at radius 2 is 1.83 bits per heavy atom. The highest BCUT2D eigenvalue weighted by Crippen LogP contribution is 2.22. The summed E-state index contributed by atoms with van der Waals surface area (Å²) in [5.74, 6) is 0.415. The molecule has 4 N–H and O–H groups in total. The Morgan fingerprint density at radius 1 is 1.22 bits per heavy atom. The van der Waals surface area contributed by atoms with Gasteiger partial charge in [0.15, 0.2) is 5.82 Å². The first-order valence-corrected chi connectivity index (χ1v) is 7.26. The number of nitrogens with one attached hydrogen (secondary N) is 2. The summed E-state index contributed by atoms with van der Waals surface area (Å²) >= 11 is 5.74. The molecule has 0 radical (unpaired) electrons. The van der Waals surface area contributed by atoms with E-state index in [1.165, 1.54) is 6.20 Å². The number of nitrogens with two attached hydrogens (primary N) is 1. The van der Waals surface area contributed by atoms with Gasteiger partial charge in [-0.25, -0.2) is 9.78 Å². The molecule has 1 heterocycles. The number of hydrogen-bond donors (Lipinski definition) is 3. The minimum atomic E-state index is -0.546. The average Bonchev–Trinajstić information content (AvgIpc) is 2.43. The SMILES string of the molecule is CC(C)(C)OC(=O)Nc1ccc(Nc2nc(Cl)ncc2N)cc1. The Bertz CT molecular complexity index is 698. The second kappa shape index (κ2) is 6.70. The first-order valence-electron chi connectivity index (χ1n) is 6.88. The minimum Gasteiger partial charge on any atom is -0.444 e. The van der Waals surface area contributed by atoms with Crippen LogP contribution in [0.1, 0.15) is 20.8 Å². The molecule has 0 saturated carbocycles. The van der Waals surface area contributed by atoms with E-state index >= 15 is 0 Å². The summed E-state index contributed by atoms with van der Waals surface area (Å²) < 4.78 is 5.18. The van der Waals surface area contributed by atoms with Gasteiger partial charge in [-0.2, -0.15) is 4.98 Å². The predicted octanol–water partition coefficient (Wildman–Crippen LogP) is 3.80. The van der Waals surface area contributed by atoms with Crippen molar-refractivity contribution < 1.29 is 9.53 Å². The third-order valence-corrected chi connectivity index (χ3v) is 2.76. The second-order valence-corrected chi connectivity index (χ2v) is 6.11. The van der Waals surface area contributed by atoms with Gasteiger partial charge in [-0.1, -0.05) is 0 Å². The zero-order valence-electron chi connectivity index (χ0n) is 13.1. The largest absolute Gasteiger partial charge is 0.444 e. The number of carbonyl (C=O) groups is 1. The molecule has 2 aromatic rings. The topological polar surface area (TPSA) is 102 Å². The van der Waals surface area contributed by atoms with E-state index < -0.39 is 11.7 Å². The Balaban J connectivity index is 2.02. The number of anilines is 4. The lowest BCUT2D eigenvalue weighted by Gasteiger charge is -2.19. The van der Waals surface area contributed by atoms with Crippen LogP contribution in [0.15, 0.2) is 30.5 Å². The minimum absolute atomic E-state index is 0.102. The molecule has 122 valence electrons. The maximum Gasteiger partial charge on any atom is 0.412 e. The monoisotopic (exact) mass is 335 g/mol. The summed E-state index contributed by atoms with van der Waals surface area (Å²) in [6, 6.07) is 6.99. The Kier molecular flexibility index (Phi) is 4.90. The smallest absolute Gasteiger partial charge is 0.412 e. The summed E-state index contributed by atoms with van der Waals surface area (Å²) in [7, 11) is 0.